The first-order valence-electron chi connectivity index (χ1n) is 15.8. The number of aromatic nitrogens is 4. The Labute approximate surface area is 263 Å². The number of carbonyl (C=O) groups is 4. The molecule has 1 aromatic heterocycles. The molecule has 45 heavy (non-hydrogen) atoms. The molecule has 0 saturated carbocycles. The summed E-state index contributed by atoms with van der Waals surface area (Å²) in [5.41, 5.74) is 2.06. The normalized spacial score (nSPS) is 20.0. The highest BCUT2D eigenvalue weighted by Gasteiger charge is 2.44. The average molecular weight is 615 g/mol. The fourth-order valence-electron chi connectivity index (χ4n) is 6.08. The SMILES string of the molecule is CC(C)CCN1CC(=O)NC2(CCCc3ccccc32)C(=O)NCCCCN(C(=O)c2ccc(Cn3cnnn3)cc2)CC1=O. The van der Waals surface area contributed by atoms with Gasteiger partial charge in [0.05, 0.1) is 13.1 Å². The van der Waals surface area contributed by atoms with Crippen LogP contribution in [-0.2, 0) is 32.9 Å². The van der Waals surface area contributed by atoms with Crippen LogP contribution in [0.5, 0.6) is 0 Å². The molecule has 4 amide bonds. The van der Waals surface area contributed by atoms with Crippen LogP contribution in [0.4, 0.5) is 0 Å². The maximum atomic E-state index is 13.8. The number of amides is 4. The number of aryl methyl sites for hydroxylation is 1. The Balaban J connectivity index is 1.37. The van der Waals surface area contributed by atoms with Crippen molar-refractivity contribution in [2.45, 2.75) is 64.5 Å². The molecule has 1 atom stereocenters. The van der Waals surface area contributed by atoms with Gasteiger partial charge in [-0.1, -0.05) is 50.2 Å². The van der Waals surface area contributed by atoms with Gasteiger partial charge in [0.1, 0.15) is 18.4 Å². The monoisotopic (exact) mass is 614 g/mol. The Morgan fingerprint density at radius 2 is 1.80 bits per heavy atom. The van der Waals surface area contributed by atoms with E-state index in [9.17, 15) is 19.2 Å². The van der Waals surface area contributed by atoms with Gasteiger partial charge in [0.25, 0.3) is 5.91 Å². The molecule has 2 heterocycles. The van der Waals surface area contributed by atoms with Crippen LogP contribution in [0.3, 0.4) is 0 Å². The number of nitrogens with zero attached hydrogens (tertiary/aromatic N) is 6. The minimum Gasteiger partial charge on any atom is -0.354 e. The van der Waals surface area contributed by atoms with E-state index in [1.54, 1.807) is 21.7 Å². The molecule has 1 fully saturated rings. The average Bonchev–Trinajstić information content (AvgIpc) is 3.55. The van der Waals surface area contributed by atoms with Gasteiger partial charge in [-0.15, -0.1) is 5.10 Å². The van der Waals surface area contributed by atoms with Crippen LogP contribution in [0, 0.1) is 5.92 Å². The summed E-state index contributed by atoms with van der Waals surface area (Å²) in [7, 11) is 0. The second-order valence-electron chi connectivity index (χ2n) is 12.4. The van der Waals surface area contributed by atoms with Gasteiger partial charge in [-0.25, -0.2) is 4.68 Å². The maximum Gasteiger partial charge on any atom is 0.254 e. The third kappa shape index (κ3) is 7.73. The van der Waals surface area contributed by atoms with E-state index >= 15 is 0 Å². The van der Waals surface area contributed by atoms with Crippen LogP contribution in [0.2, 0.25) is 0 Å². The molecule has 238 valence electrons. The first kappa shape index (κ1) is 31.8. The number of carbonyl (C=O) groups excluding carboxylic acids is 4. The van der Waals surface area contributed by atoms with Gasteiger partial charge in [-0.2, -0.15) is 0 Å². The molecular weight excluding hydrogens is 572 g/mol. The number of benzene rings is 2. The summed E-state index contributed by atoms with van der Waals surface area (Å²) >= 11 is 0. The molecule has 2 aromatic carbocycles. The van der Waals surface area contributed by atoms with Crippen LogP contribution in [0.25, 0.3) is 0 Å². The van der Waals surface area contributed by atoms with Crippen LogP contribution in [0.15, 0.2) is 54.9 Å². The molecule has 1 unspecified atom stereocenters. The lowest BCUT2D eigenvalue weighted by molar-refractivity contribution is -0.139. The predicted molar refractivity (Wildman–Crippen MR) is 167 cm³/mol. The zero-order chi connectivity index (χ0) is 31.8. The molecule has 1 aliphatic heterocycles. The minimum absolute atomic E-state index is 0.142. The summed E-state index contributed by atoms with van der Waals surface area (Å²) in [6, 6.07) is 14.9. The van der Waals surface area contributed by atoms with E-state index in [1.165, 1.54) is 11.2 Å². The number of tetrazole rings is 1. The summed E-state index contributed by atoms with van der Waals surface area (Å²) < 4.78 is 1.59. The summed E-state index contributed by atoms with van der Waals surface area (Å²) in [5, 5.41) is 17.3. The fraction of sp³-hybridized carbons (Fsp3) is 0.485. The number of hydrogen-bond acceptors (Lipinski definition) is 7. The van der Waals surface area contributed by atoms with Gasteiger partial charge in [0.2, 0.25) is 17.7 Å². The van der Waals surface area contributed by atoms with Crippen LogP contribution in [-0.4, -0.2) is 86.4 Å². The zero-order valence-electron chi connectivity index (χ0n) is 26.1. The predicted octanol–water partition coefficient (Wildman–Crippen LogP) is 2.30. The quantitative estimate of drug-likeness (QED) is 0.434. The molecule has 1 spiro atoms. The van der Waals surface area contributed by atoms with Crippen LogP contribution >= 0.6 is 0 Å². The first-order chi connectivity index (χ1) is 21.7. The highest BCUT2D eigenvalue weighted by Crippen LogP contribution is 2.36. The van der Waals surface area contributed by atoms with Crippen molar-refractivity contribution in [3.05, 3.63) is 77.1 Å². The van der Waals surface area contributed by atoms with Crippen LogP contribution < -0.4 is 10.6 Å². The first-order valence-corrected chi connectivity index (χ1v) is 15.8. The van der Waals surface area contributed by atoms with Gasteiger partial charge in [-0.05, 0) is 83.7 Å². The Kier molecular flexibility index (Phi) is 10.2. The van der Waals surface area contributed by atoms with Gasteiger partial charge in [0, 0.05) is 25.2 Å². The molecule has 0 bridgehead atoms. The fourth-order valence-corrected chi connectivity index (χ4v) is 6.08. The van der Waals surface area contributed by atoms with Crippen molar-refractivity contribution in [1.29, 1.82) is 0 Å². The summed E-state index contributed by atoms with van der Waals surface area (Å²) in [6.45, 7) is 5.35. The van der Waals surface area contributed by atoms with Crippen molar-refractivity contribution < 1.29 is 19.2 Å². The molecule has 12 heteroatoms. The van der Waals surface area contributed by atoms with E-state index in [-0.39, 0.29) is 30.8 Å². The van der Waals surface area contributed by atoms with E-state index in [0.29, 0.717) is 63.3 Å². The molecular formula is C33H42N8O4. The lowest BCUT2D eigenvalue weighted by Gasteiger charge is -2.39. The van der Waals surface area contributed by atoms with Gasteiger partial charge in [-0.3, -0.25) is 19.2 Å². The highest BCUT2D eigenvalue weighted by atomic mass is 16.2. The summed E-state index contributed by atoms with van der Waals surface area (Å²) in [6.07, 6.45) is 5.51. The molecule has 1 saturated heterocycles. The minimum atomic E-state index is -1.19. The van der Waals surface area contributed by atoms with Gasteiger partial charge < -0.3 is 20.4 Å². The molecule has 5 rings (SSSR count). The van der Waals surface area contributed by atoms with Crippen molar-refractivity contribution in [2.24, 2.45) is 5.92 Å². The standard InChI is InChI=1S/C33H42N8O4/c1-24(2)15-19-39-21-29(42)36-33(16-7-9-26-8-3-4-10-28(26)33)32(45)34-17-5-6-18-40(22-30(39)43)31(44)27-13-11-25(12-14-27)20-41-23-35-37-38-41/h3-4,8,10-14,23-24H,5-7,9,15-22H2,1-2H3,(H,34,45)(H,36,42). The third-order valence-electron chi connectivity index (χ3n) is 8.57. The van der Waals surface area contributed by atoms with E-state index in [1.807, 2.05) is 36.4 Å². The lowest BCUT2D eigenvalue weighted by atomic mass is 9.75. The molecule has 1 aliphatic carbocycles. The topological polar surface area (TPSA) is 142 Å². The molecule has 3 aromatic rings. The zero-order valence-corrected chi connectivity index (χ0v) is 26.1. The van der Waals surface area contributed by atoms with Crippen molar-refractivity contribution in [1.82, 2.24) is 40.6 Å². The number of hydrogen-bond donors (Lipinski definition) is 2. The number of nitrogens with one attached hydrogen (secondary N) is 2. The summed E-state index contributed by atoms with van der Waals surface area (Å²) in [5.74, 6) is -0.892. The van der Waals surface area contributed by atoms with Crippen molar-refractivity contribution in [3.63, 3.8) is 0 Å². The highest BCUT2D eigenvalue weighted by molar-refractivity contribution is 5.98. The third-order valence-corrected chi connectivity index (χ3v) is 8.57. The smallest absolute Gasteiger partial charge is 0.254 e. The van der Waals surface area contributed by atoms with E-state index < -0.39 is 11.4 Å². The van der Waals surface area contributed by atoms with Crippen molar-refractivity contribution in [3.8, 4) is 0 Å². The molecule has 2 aliphatic rings. The Morgan fingerprint density at radius 1 is 1.00 bits per heavy atom. The van der Waals surface area contributed by atoms with Gasteiger partial charge >= 0.3 is 0 Å². The van der Waals surface area contributed by atoms with Gasteiger partial charge in [0.15, 0.2) is 0 Å². The van der Waals surface area contributed by atoms with Crippen molar-refractivity contribution in [2.75, 3.05) is 32.7 Å². The molecule has 2 N–H and O–H groups in total. The number of rotatable bonds is 6. The van der Waals surface area contributed by atoms with E-state index in [4.69, 9.17) is 0 Å². The maximum absolute atomic E-state index is 13.8. The largest absolute Gasteiger partial charge is 0.354 e. The van der Waals surface area contributed by atoms with Crippen LogP contribution in [0.1, 0.15) is 73.0 Å². The van der Waals surface area contributed by atoms with E-state index in [2.05, 4.69) is 40.0 Å². The Hall–Kier alpha value is -4.61. The molecule has 0 radical (unpaired) electrons. The lowest BCUT2D eigenvalue weighted by Crippen LogP contribution is -2.60. The van der Waals surface area contributed by atoms with Crippen molar-refractivity contribution >= 4 is 23.6 Å². The number of fused-ring (bicyclic) bond motifs is 2. The molecule has 12 nitrogen and oxygen atoms in total. The Bertz CT molecular complexity index is 1490. The summed E-state index contributed by atoms with van der Waals surface area (Å²) in [4.78, 5) is 58.1. The second-order valence-corrected chi connectivity index (χ2v) is 12.4. The Morgan fingerprint density at radius 3 is 2.56 bits per heavy atom. The second kappa shape index (κ2) is 14.4. The van der Waals surface area contributed by atoms with E-state index in [0.717, 1.165) is 29.5 Å².